The predicted octanol–water partition coefficient (Wildman–Crippen LogP) is 3.27. The molecule has 2 heterocycles. The molecule has 0 aliphatic carbocycles. The number of anilines is 1. The summed E-state index contributed by atoms with van der Waals surface area (Å²) in [7, 11) is 1.58. The van der Waals surface area contributed by atoms with Crippen molar-refractivity contribution in [2.24, 2.45) is 5.73 Å². The molecule has 3 N–H and O–H groups in total. The van der Waals surface area contributed by atoms with Crippen molar-refractivity contribution >= 4 is 23.1 Å². The average molecular weight is 443 g/mol. The molecular weight excluding hydrogens is 416 g/mol. The van der Waals surface area contributed by atoms with Crippen LogP contribution in [0.25, 0.3) is 5.57 Å². The Morgan fingerprint density at radius 1 is 1.12 bits per heavy atom. The van der Waals surface area contributed by atoms with Gasteiger partial charge in [-0.15, -0.1) is 0 Å². The van der Waals surface area contributed by atoms with Crippen LogP contribution in [0.15, 0.2) is 85.3 Å². The minimum Gasteiger partial charge on any atom is -0.404 e. The second-order valence-corrected chi connectivity index (χ2v) is 7.72. The Labute approximate surface area is 192 Å². The molecule has 2 unspecified atom stereocenters. The predicted molar refractivity (Wildman–Crippen MR) is 127 cm³/mol. The molecule has 7 heteroatoms. The molecule has 0 saturated heterocycles. The summed E-state index contributed by atoms with van der Waals surface area (Å²) in [4.78, 5) is 33.1. The van der Waals surface area contributed by atoms with E-state index in [9.17, 15) is 9.59 Å². The van der Waals surface area contributed by atoms with E-state index < -0.39 is 12.0 Å². The summed E-state index contributed by atoms with van der Waals surface area (Å²) in [5.74, 6) is -1.09. The zero-order chi connectivity index (χ0) is 23.2. The van der Waals surface area contributed by atoms with Crippen LogP contribution in [-0.2, 0) is 9.53 Å². The summed E-state index contributed by atoms with van der Waals surface area (Å²) in [6.07, 6.45) is 4.72. The Kier molecular flexibility index (Phi) is 6.80. The summed E-state index contributed by atoms with van der Waals surface area (Å²) in [5.41, 5.74) is 9.42. The maximum Gasteiger partial charge on any atom is 0.254 e. The minimum atomic E-state index is -0.689. The van der Waals surface area contributed by atoms with Crippen LogP contribution < -0.4 is 11.1 Å². The van der Waals surface area contributed by atoms with Crippen LogP contribution in [0.1, 0.15) is 27.4 Å². The lowest BCUT2D eigenvalue weighted by Gasteiger charge is -2.42. The zero-order valence-corrected chi connectivity index (χ0v) is 18.3. The fourth-order valence-corrected chi connectivity index (χ4v) is 4.31. The van der Waals surface area contributed by atoms with Gasteiger partial charge in [0.25, 0.3) is 5.91 Å². The van der Waals surface area contributed by atoms with Gasteiger partial charge in [0.1, 0.15) is 0 Å². The van der Waals surface area contributed by atoms with Crippen LogP contribution in [0.5, 0.6) is 0 Å². The van der Waals surface area contributed by atoms with Crippen molar-refractivity contribution in [2.45, 2.75) is 12.0 Å². The van der Waals surface area contributed by atoms with E-state index in [1.54, 1.807) is 48.7 Å². The maximum atomic E-state index is 13.7. The summed E-state index contributed by atoms with van der Waals surface area (Å²) in [6.45, 7) is 0.642. The third-order valence-electron chi connectivity index (χ3n) is 5.79. The van der Waals surface area contributed by atoms with Crippen molar-refractivity contribution in [3.05, 3.63) is 102 Å². The number of ether oxygens (including phenoxy) is 1. The number of nitrogens with zero attached hydrogens (tertiary/aromatic N) is 2. The summed E-state index contributed by atoms with van der Waals surface area (Å²) in [6, 6.07) is 19.7. The van der Waals surface area contributed by atoms with Crippen LogP contribution in [-0.4, -0.2) is 48.0 Å². The number of hydrogen-bond donors (Lipinski definition) is 2. The first-order valence-electron chi connectivity index (χ1n) is 10.7. The van der Waals surface area contributed by atoms with E-state index in [-0.39, 0.29) is 11.8 Å². The number of hydrogen-bond acceptors (Lipinski definition) is 5. The van der Waals surface area contributed by atoms with Gasteiger partial charge in [-0.1, -0.05) is 48.5 Å². The number of nitrogens with one attached hydrogen (secondary N) is 1. The van der Waals surface area contributed by atoms with Crippen molar-refractivity contribution in [3.8, 4) is 0 Å². The van der Waals surface area contributed by atoms with Crippen molar-refractivity contribution in [3.63, 3.8) is 0 Å². The van der Waals surface area contributed by atoms with Crippen molar-refractivity contribution < 1.29 is 14.3 Å². The van der Waals surface area contributed by atoms with Gasteiger partial charge in [-0.3, -0.25) is 14.6 Å². The molecule has 168 valence electrons. The van der Waals surface area contributed by atoms with E-state index >= 15 is 0 Å². The van der Waals surface area contributed by atoms with Crippen LogP contribution in [0.3, 0.4) is 0 Å². The molecule has 0 bridgehead atoms. The number of rotatable bonds is 7. The Morgan fingerprint density at radius 2 is 1.88 bits per heavy atom. The zero-order valence-electron chi connectivity index (χ0n) is 18.3. The number of carbonyl (C=O) groups is 2. The molecule has 2 atom stereocenters. The van der Waals surface area contributed by atoms with Gasteiger partial charge < -0.3 is 20.7 Å². The van der Waals surface area contributed by atoms with Crippen molar-refractivity contribution in [2.75, 3.05) is 25.6 Å². The van der Waals surface area contributed by atoms with Crippen molar-refractivity contribution in [1.82, 2.24) is 9.88 Å². The molecule has 1 aromatic heterocycles. The number of pyridine rings is 1. The lowest BCUT2D eigenvalue weighted by Crippen LogP contribution is -2.52. The van der Waals surface area contributed by atoms with Gasteiger partial charge in [0.2, 0.25) is 5.91 Å². The van der Waals surface area contributed by atoms with Gasteiger partial charge in [-0.05, 0) is 41.1 Å². The highest BCUT2D eigenvalue weighted by molar-refractivity contribution is 6.06. The summed E-state index contributed by atoms with van der Waals surface area (Å²) in [5, 5.41) is 2.97. The molecular formula is C26H26N4O3. The first-order valence-corrected chi connectivity index (χ1v) is 10.7. The van der Waals surface area contributed by atoms with E-state index in [1.165, 1.54) is 6.20 Å². The number of amides is 2. The topological polar surface area (TPSA) is 97.5 Å². The Bertz CT molecular complexity index is 1150. The molecule has 2 amide bonds. The molecule has 7 nitrogen and oxygen atoms in total. The van der Waals surface area contributed by atoms with E-state index in [0.29, 0.717) is 35.5 Å². The maximum absolute atomic E-state index is 13.7. The number of benzene rings is 2. The van der Waals surface area contributed by atoms with Crippen LogP contribution in [0.2, 0.25) is 0 Å². The molecule has 0 radical (unpaired) electrons. The quantitative estimate of drug-likeness (QED) is 0.585. The highest BCUT2D eigenvalue weighted by atomic mass is 16.5. The number of fused-ring (bicyclic) bond motifs is 1. The highest BCUT2D eigenvalue weighted by Crippen LogP contribution is 2.40. The molecule has 0 spiro atoms. The van der Waals surface area contributed by atoms with Gasteiger partial charge in [0.05, 0.1) is 30.5 Å². The second-order valence-electron chi connectivity index (χ2n) is 7.72. The van der Waals surface area contributed by atoms with Gasteiger partial charge in [-0.25, -0.2) is 0 Å². The Morgan fingerprint density at radius 3 is 2.58 bits per heavy atom. The van der Waals surface area contributed by atoms with Crippen LogP contribution >= 0.6 is 0 Å². The molecule has 0 saturated carbocycles. The van der Waals surface area contributed by atoms with Gasteiger partial charge in [-0.2, -0.15) is 0 Å². The fraction of sp³-hybridized carbons (Fsp3) is 0.192. The first-order chi connectivity index (χ1) is 16.2. The summed E-state index contributed by atoms with van der Waals surface area (Å²) >= 11 is 0. The Balaban J connectivity index is 1.86. The van der Waals surface area contributed by atoms with E-state index in [4.69, 9.17) is 10.5 Å². The monoisotopic (exact) mass is 442 g/mol. The highest BCUT2D eigenvalue weighted by Gasteiger charge is 2.45. The molecule has 33 heavy (non-hydrogen) atoms. The normalized spacial score (nSPS) is 18.0. The molecule has 3 aromatic rings. The van der Waals surface area contributed by atoms with Gasteiger partial charge in [0.15, 0.2) is 0 Å². The molecule has 0 fully saturated rings. The van der Waals surface area contributed by atoms with E-state index in [0.717, 1.165) is 5.56 Å². The lowest BCUT2D eigenvalue weighted by atomic mass is 9.77. The van der Waals surface area contributed by atoms with Crippen LogP contribution in [0.4, 0.5) is 5.69 Å². The van der Waals surface area contributed by atoms with E-state index in [2.05, 4.69) is 10.3 Å². The molecule has 4 rings (SSSR count). The average Bonchev–Trinajstić information content (AvgIpc) is 2.85. The number of aromatic nitrogens is 1. The summed E-state index contributed by atoms with van der Waals surface area (Å²) < 4.78 is 5.29. The first kappa shape index (κ1) is 22.2. The molecule has 1 aliphatic heterocycles. The van der Waals surface area contributed by atoms with Gasteiger partial charge >= 0.3 is 0 Å². The van der Waals surface area contributed by atoms with E-state index in [1.807, 2.05) is 42.5 Å². The van der Waals surface area contributed by atoms with Crippen LogP contribution in [0, 0.1) is 0 Å². The molecule has 2 aromatic carbocycles. The SMILES string of the molecule is COCCN1C(=O)c2ccccc2C(C(=O)Nc2cccnc2)C1/C(=C/N)c1ccccc1. The third-order valence-corrected chi connectivity index (χ3v) is 5.79. The third kappa shape index (κ3) is 4.49. The van der Waals surface area contributed by atoms with Crippen molar-refractivity contribution in [1.29, 1.82) is 0 Å². The Hall–Kier alpha value is -3.97. The largest absolute Gasteiger partial charge is 0.404 e. The van der Waals surface area contributed by atoms with Gasteiger partial charge in [0, 0.05) is 25.4 Å². The number of carbonyl (C=O) groups excluding carboxylic acids is 2. The lowest BCUT2D eigenvalue weighted by molar-refractivity contribution is -0.118. The fourth-order valence-electron chi connectivity index (χ4n) is 4.31. The molecule has 1 aliphatic rings. The number of nitrogens with two attached hydrogens (primary N) is 1. The smallest absolute Gasteiger partial charge is 0.254 e. The minimum absolute atomic E-state index is 0.159. The number of methoxy groups -OCH3 is 1. The second kappa shape index (κ2) is 10.1. The standard InChI is InChI=1S/C26H26N4O3/c1-33-15-14-30-24(22(16-27)18-8-3-2-4-9-18)23(20-11-5-6-12-21(20)26(30)32)25(31)29-19-10-7-13-28-17-19/h2-13,16-17,23-24H,14-15,27H2,1H3,(H,29,31)/b22-16+.